The van der Waals surface area contributed by atoms with Crippen LogP contribution >= 0.6 is 23.2 Å². The first kappa shape index (κ1) is 34.5. The number of alkyl halides is 1. The third kappa shape index (κ3) is 8.28. The predicted octanol–water partition coefficient (Wildman–Crippen LogP) is 6.48. The lowest BCUT2D eigenvalue weighted by atomic mass is 9.94. The quantitative estimate of drug-likeness (QED) is 0.230. The van der Waals surface area contributed by atoms with E-state index in [2.05, 4.69) is 10.4 Å². The summed E-state index contributed by atoms with van der Waals surface area (Å²) in [5.41, 5.74) is 0.319. The van der Waals surface area contributed by atoms with Crippen molar-refractivity contribution in [3.63, 3.8) is 0 Å². The maximum atomic E-state index is 15.7. The molecule has 0 bridgehead atoms. The molecule has 1 aliphatic rings. The molecule has 1 saturated heterocycles. The molecule has 2 heterocycles. The number of nitrogens with zero attached hydrogens (tertiary/aromatic N) is 3. The van der Waals surface area contributed by atoms with Crippen LogP contribution in [0.5, 0.6) is 0 Å². The van der Waals surface area contributed by atoms with Gasteiger partial charge in [0, 0.05) is 52.8 Å². The smallest absolute Gasteiger partial charge is 0.305 e. The number of nitrogens with one attached hydrogen (secondary N) is 1. The standard InChI is InChI=1S/C33H38Cl2F2N4O4/c1-18(2)11-27(41-32(45)20(4)13-22(39-41)9-10-40-16-33(5,37)17-40)31(44)38-26(15-28(42)43)23-14-21(12-19(3)30(23)36)29-24(34)7-6-8-25(29)35/h6-8,12-14,18,26-27H,9-11,15-17H2,1-5H3,(H,38,44)(H,42,43)/t26-,27-/m0/s1. The van der Waals surface area contributed by atoms with Crippen molar-refractivity contribution in [3.8, 4) is 11.1 Å². The molecule has 4 rings (SSSR count). The van der Waals surface area contributed by atoms with Crippen molar-refractivity contribution in [3.05, 3.63) is 85.0 Å². The molecule has 1 aromatic heterocycles. The molecule has 0 saturated carbocycles. The number of rotatable bonds is 12. The fourth-order valence-corrected chi connectivity index (χ4v) is 6.39. The summed E-state index contributed by atoms with van der Waals surface area (Å²) in [5.74, 6) is -2.67. The first-order chi connectivity index (χ1) is 21.1. The van der Waals surface area contributed by atoms with Gasteiger partial charge >= 0.3 is 5.97 Å². The second-order valence-electron chi connectivity index (χ2n) is 12.5. The molecule has 242 valence electrons. The molecule has 1 aliphatic heterocycles. The monoisotopic (exact) mass is 662 g/mol. The van der Waals surface area contributed by atoms with E-state index < -0.39 is 47.4 Å². The molecular formula is C33H38Cl2F2N4O4. The second-order valence-corrected chi connectivity index (χ2v) is 13.4. The maximum Gasteiger partial charge on any atom is 0.305 e. The molecule has 12 heteroatoms. The van der Waals surface area contributed by atoms with Gasteiger partial charge in [-0.2, -0.15) is 5.10 Å². The van der Waals surface area contributed by atoms with Crippen LogP contribution in [-0.2, 0) is 16.0 Å². The number of likely N-dealkylation sites (tertiary alicyclic amines) is 1. The number of aromatic nitrogens is 2. The minimum atomic E-state index is -1.29. The van der Waals surface area contributed by atoms with Crippen molar-refractivity contribution in [2.45, 2.75) is 71.6 Å². The van der Waals surface area contributed by atoms with Crippen molar-refractivity contribution in [1.29, 1.82) is 0 Å². The fourth-order valence-electron chi connectivity index (χ4n) is 5.77. The summed E-state index contributed by atoms with van der Waals surface area (Å²) in [4.78, 5) is 41.2. The molecular weight excluding hydrogens is 625 g/mol. The van der Waals surface area contributed by atoms with Crippen molar-refractivity contribution >= 4 is 35.1 Å². The van der Waals surface area contributed by atoms with Crippen LogP contribution in [0.2, 0.25) is 10.0 Å². The van der Waals surface area contributed by atoms with Gasteiger partial charge in [0.1, 0.15) is 17.5 Å². The molecule has 3 aromatic rings. The van der Waals surface area contributed by atoms with Gasteiger partial charge in [-0.05, 0) is 74.6 Å². The van der Waals surface area contributed by atoms with Crippen molar-refractivity contribution in [2.75, 3.05) is 19.6 Å². The van der Waals surface area contributed by atoms with Crippen molar-refractivity contribution in [1.82, 2.24) is 20.0 Å². The van der Waals surface area contributed by atoms with E-state index in [1.54, 1.807) is 44.2 Å². The number of benzene rings is 2. The largest absolute Gasteiger partial charge is 0.481 e. The predicted molar refractivity (Wildman–Crippen MR) is 171 cm³/mol. The lowest BCUT2D eigenvalue weighted by Crippen LogP contribution is -2.57. The maximum absolute atomic E-state index is 15.7. The Balaban J connectivity index is 1.70. The molecule has 0 unspecified atom stereocenters. The van der Waals surface area contributed by atoms with E-state index in [-0.39, 0.29) is 23.5 Å². The van der Waals surface area contributed by atoms with Crippen LogP contribution in [0.25, 0.3) is 11.1 Å². The van der Waals surface area contributed by atoms with Gasteiger partial charge in [-0.25, -0.2) is 13.5 Å². The van der Waals surface area contributed by atoms with E-state index in [4.69, 9.17) is 23.2 Å². The van der Waals surface area contributed by atoms with Crippen LogP contribution in [0, 0.1) is 25.6 Å². The number of hydrogen-bond acceptors (Lipinski definition) is 5. The van der Waals surface area contributed by atoms with Crippen LogP contribution in [-0.4, -0.2) is 57.0 Å². The van der Waals surface area contributed by atoms with Crippen LogP contribution in [0.15, 0.2) is 41.2 Å². The summed E-state index contributed by atoms with van der Waals surface area (Å²) < 4.78 is 30.8. The molecule has 1 amide bonds. The number of aliphatic carboxylic acids is 1. The van der Waals surface area contributed by atoms with Crippen LogP contribution in [0.1, 0.15) is 68.1 Å². The summed E-state index contributed by atoms with van der Waals surface area (Å²) in [6.45, 7) is 9.64. The number of carbonyl (C=O) groups is 2. The highest BCUT2D eigenvalue weighted by molar-refractivity contribution is 6.39. The SMILES string of the molecule is Cc1cc(-c2c(Cl)cccc2Cl)cc([C@H](CC(=O)O)NC(=O)[C@H](CC(C)C)n2nc(CCN3CC(C)(F)C3)cc(C)c2=O)c1F. The average Bonchev–Trinajstić information content (AvgIpc) is 2.92. The van der Waals surface area contributed by atoms with E-state index in [1.165, 1.54) is 13.0 Å². The van der Waals surface area contributed by atoms with Gasteiger partial charge in [-0.1, -0.05) is 43.1 Å². The minimum Gasteiger partial charge on any atom is -0.481 e. The molecule has 0 spiro atoms. The van der Waals surface area contributed by atoms with Gasteiger partial charge < -0.3 is 10.4 Å². The third-order valence-electron chi connectivity index (χ3n) is 7.85. The Morgan fingerprint density at radius 1 is 1.11 bits per heavy atom. The van der Waals surface area contributed by atoms with Crippen LogP contribution in [0.4, 0.5) is 8.78 Å². The van der Waals surface area contributed by atoms with E-state index in [0.717, 1.165) is 4.68 Å². The molecule has 1 fully saturated rings. The first-order valence-corrected chi connectivity index (χ1v) is 15.6. The van der Waals surface area contributed by atoms with E-state index in [0.29, 0.717) is 58.5 Å². The van der Waals surface area contributed by atoms with Gasteiger partial charge in [-0.3, -0.25) is 19.3 Å². The molecule has 45 heavy (non-hydrogen) atoms. The molecule has 8 nitrogen and oxygen atoms in total. The van der Waals surface area contributed by atoms with E-state index >= 15 is 4.39 Å². The average molecular weight is 664 g/mol. The lowest BCUT2D eigenvalue weighted by molar-refractivity contribution is -0.138. The second kappa shape index (κ2) is 14.0. The van der Waals surface area contributed by atoms with Crippen molar-refractivity contribution in [2.24, 2.45) is 5.92 Å². The number of aryl methyl sites for hydroxylation is 2. The summed E-state index contributed by atoms with van der Waals surface area (Å²) in [6, 6.07) is 7.21. The summed E-state index contributed by atoms with van der Waals surface area (Å²) >= 11 is 12.8. The Kier molecular flexibility index (Phi) is 10.7. The summed E-state index contributed by atoms with van der Waals surface area (Å²) in [5, 5.41) is 17.6. The topological polar surface area (TPSA) is 105 Å². The molecule has 0 radical (unpaired) electrons. The van der Waals surface area contributed by atoms with E-state index in [1.807, 2.05) is 18.7 Å². The molecule has 2 atom stereocenters. The minimum absolute atomic E-state index is 0.0515. The highest BCUT2D eigenvalue weighted by Crippen LogP contribution is 2.38. The number of hydrogen-bond donors (Lipinski definition) is 2. The van der Waals surface area contributed by atoms with Gasteiger partial charge in [-0.15, -0.1) is 0 Å². The zero-order chi connectivity index (χ0) is 33.2. The Hall–Kier alpha value is -3.34. The summed E-state index contributed by atoms with van der Waals surface area (Å²) in [7, 11) is 0. The molecule has 2 N–H and O–H groups in total. The first-order valence-electron chi connectivity index (χ1n) is 14.8. The van der Waals surface area contributed by atoms with Gasteiger partial charge in [0.05, 0.1) is 18.2 Å². The number of carbonyl (C=O) groups excluding carboxylic acids is 1. The zero-order valence-electron chi connectivity index (χ0n) is 26.0. The molecule has 0 aliphatic carbocycles. The Labute approximate surface area is 271 Å². The fraction of sp³-hybridized carbons (Fsp3) is 0.455. The van der Waals surface area contributed by atoms with Gasteiger partial charge in [0.25, 0.3) is 5.56 Å². The lowest BCUT2D eigenvalue weighted by Gasteiger charge is -2.42. The Morgan fingerprint density at radius 2 is 1.76 bits per heavy atom. The number of halogens is 4. The van der Waals surface area contributed by atoms with Gasteiger partial charge in [0.15, 0.2) is 0 Å². The van der Waals surface area contributed by atoms with Crippen LogP contribution < -0.4 is 10.9 Å². The van der Waals surface area contributed by atoms with Crippen molar-refractivity contribution < 1.29 is 23.5 Å². The number of carboxylic acid groups (broad SMARTS) is 1. The molecule has 2 aromatic carbocycles. The van der Waals surface area contributed by atoms with E-state index in [9.17, 15) is 23.9 Å². The van der Waals surface area contributed by atoms with Crippen LogP contribution in [0.3, 0.4) is 0 Å². The Bertz CT molecular complexity index is 1630. The normalized spacial score (nSPS) is 15.9. The highest BCUT2D eigenvalue weighted by Gasteiger charge is 2.38. The zero-order valence-corrected chi connectivity index (χ0v) is 27.5. The van der Waals surface area contributed by atoms with Gasteiger partial charge in [0.2, 0.25) is 5.91 Å². The number of amides is 1. The third-order valence-corrected chi connectivity index (χ3v) is 8.48. The highest BCUT2D eigenvalue weighted by atomic mass is 35.5. The summed E-state index contributed by atoms with van der Waals surface area (Å²) in [6.07, 6.45) is 0.0300. The Morgan fingerprint density at radius 3 is 2.33 bits per heavy atom. The number of carboxylic acids is 1.